The van der Waals surface area contributed by atoms with E-state index in [1.807, 2.05) is 36.4 Å². The molecule has 0 radical (unpaired) electrons. The predicted octanol–water partition coefficient (Wildman–Crippen LogP) is 3.93. The molecule has 0 spiro atoms. The second kappa shape index (κ2) is 6.63. The van der Waals surface area contributed by atoms with Crippen LogP contribution in [0.2, 0.25) is 0 Å². The van der Waals surface area contributed by atoms with E-state index < -0.39 is 6.04 Å². The third kappa shape index (κ3) is 3.10. The molecule has 0 bridgehead atoms. The van der Waals surface area contributed by atoms with Crippen molar-refractivity contribution in [2.45, 2.75) is 19.4 Å². The Morgan fingerprint density at radius 1 is 1.15 bits per heavy atom. The maximum Gasteiger partial charge on any atom is 0.141 e. The number of nitriles is 1. The molecule has 0 aliphatic rings. The third-order valence-electron chi connectivity index (χ3n) is 3.26. The zero-order valence-electron chi connectivity index (χ0n) is 11.8. The molecule has 2 rings (SSSR count). The number of hydrogen-bond donors (Lipinski definition) is 1. The van der Waals surface area contributed by atoms with Crippen LogP contribution in [0.4, 0.5) is 5.69 Å². The summed E-state index contributed by atoms with van der Waals surface area (Å²) in [6.45, 7) is 2.11. The second-order valence-electron chi connectivity index (χ2n) is 4.50. The zero-order valence-corrected chi connectivity index (χ0v) is 11.8. The largest absolute Gasteiger partial charge is 0.495 e. The standard InChI is InChI=1S/C17H18N2O/c1-3-13-8-10-14(11-9-13)16(12-18)19-15-6-4-5-7-17(15)20-2/h4-11,16,19H,3H2,1-2H3. The molecule has 2 aromatic carbocycles. The monoisotopic (exact) mass is 266 g/mol. The number of nitrogens with one attached hydrogen (secondary N) is 1. The fourth-order valence-electron chi connectivity index (χ4n) is 2.06. The van der Waals surface area contributed by atoms with Crippen LogP contribution in [-0.4, -0.2) is 7.11 Å². The van der Waals surface area contributed by atoms with E-state index in [1.54, 1.807) is 7.11 Å². The van der Waals surface area contributed by atoms with Crippen LogP contribution >= 0.6 is 0 Å². The number of anilines is 1. The summed E-state index contributed by atoms with van der Waals surface area (Å²) >= 11 is 0. The van der Waals surface area contributed by atoms with Crippen LogP contribution in [-0.2, 0) is 6.42 Å². The molecule has 1 atom stereocenters. The number of hydrogen-bond acceptors (Lipinski definition) is 3. The summed E-state index contributed by atoms with van der Waals surface area (Å²) in [5.74, 6) is 0.734. The Labute approximate surface area is 119 Å². The van der Waals surface area contributed by atoms with Crippen molar-refractivity contribution in [1.29, 1.82) is 5.26 Å². The molecule has 1 unspecified atom stereocenters. The van der Waals surface area contributed by atoms with E-state index in [0.717, 1.165) is 23.4 Å². The van der Waals surface area contributed by atoms with Gasteiger partial charge in [-0.2, -0.15) is 5.26 Å². The molecule has 3 heteroatoms. The van der Waals surface area contributed by atoms with Crippen molar-refractivity contribution in [3.05, 3.63) is 59.7 Å². The minimum absolute atomic E-state index is 0.391. The Bertz CT molecular complexity index is 599. The smallest absolute Gasteiger partial charge is 0.141 e. The van der Waals surface area contributed by atoms with E-state index in [9.17, 15) is 5.26 Å². The molecule has 0 aromatic heterocycles. The maximum atomic E-state index is 9.38. The van der Waals surface area contributed by atoms with Gasteiger partial charge >= 0.3 is 0 Å². The number of para-hydroxylation sites is 2. The fraction of sp³-hybridized carbons (Fsp3) is 0.235. The normalized spacial score (nSPS) is 11.4. The number of methoxy groups -OCH3 is 1. The molecular formula is C17H18N2O. The maximum absolute atomic E-state index is 9.38. The minimum atomic E-state index is -0.391. The third-order valence-corrected chi connectivity index (χ3v) is 3.26. The fourth-order valence-corrected chi connectivity index (χ4v) is 2.06. The van der Waals surface area contributed by atoms with Gasteiger partial charge in [0.15, 0.2) is 0 Å². The van der Waals surface area contributed by atoms with Crippen molar-refractivity contribution in [2.75, 3.05) is 12.4 Å². The van der Waals surface area contributed by atoms with Gasteiger partial charge in [0.2, 0.25) is 0 Å². The first-order valence-electron chi connectivity index (χ1n) is 6.66. The minimum Gasteiger partial charge on any atom is -0.495 e. The number of ether oxygens (including phenoxy) is 1. The quantitative estimate of drug-likeness (QED) is 0.891. The summed E-state index contributed by atoms with van der Waals surface area (Å²) in [4.78, 5) is 0. The molecule has 0 saturated heterocycles. The van der Waals surface area contributed by atoms with Crippen LogP contribution in [0.15, 0.2) is 48.5 Å². The number of aryl methyl sites for hydroxylation is 1. The van der Waals surface area contributed by atoms with Gasteiger partial charge in [-0.05, 0) is 29.7 Å². The van der Waals surface area contributed by atoms with Crippen molar-refractivity contribution in [3.8, 4) is 11.8 Å². The lowest BCUT2D eigenvalue weighted by Crippen LogP contribution is -2.09. The van der Waals surface area contributed by atoms with Crippen LogP contribution in [0.25, 0.3) is 0 Å². The first kappa shape index (κ1) is 14.0. The van der Waals surface area contributed by atoms with Gasteiger partial charge in [-0.3, -0.25) is 0 Å². The van der Waals surface area contributed by atoms with Gasteiger partial charge < -0.3 is 10.1 Å². The molecule has 20 heavy (non-hydrogen) atoms. The van der Waals surface area contributed by atoms with Gasteiger partial charge in [0, 0.05) is 0 Å². The van der Waals surface area contributed by atoms with E-state index >= 15 is 0 Å². The van der Waals surface area contributed by atoms with Crippen LogP contribution < -0.4 is 10.1 Å². The predicted molar refractivity (Wildman–Crippen MR) is 80.8 cm³/mol. The Balaban J connectivity index is 2.22. The molecule has 0 amide bonds. The molecule has 3 nitrogen and oxygen atoms in total. The Hall–Kier alpha value is -2.47. The number of nitrogens with zero attached hydrogens (tertiary/aromatic N) is 1. The summed E-state index contributed by atoms with van der Waals surface area (Å²) in [6.07, 6.45) is 0.997. The Morgan fingerprint density at radius 2 is 1.85 bits per heavy atom. The number of benzene rings is 2. The van der Waals surface area contributed by atoms with Crippen LogP contribution in [0.3, 0.4) is 0 Å². The summed E-state index contributed by atoms with van der Waals surface area (Å²) in [5.41, 5.74) is 3.04. The molecule has 0 aliphatic carbocycles. The molecule has 2 aromatic rings. The van der Waals surface area contributed by atoms with E-state index in [2.05, 4.69) is 30.4 Å². The van der Waals surface area contributed by atoms with Crippen LogP contribution in [0, 0.1) is 11.3 Å². The average Bonchev–Trinajstić information content (AvgIpc) is 2.53. The van der Waals surface area contributed by atoms with E-state index in [4.69, 9.17) is 4.74 Å². The van der Waals surface area contributed by atoms with Gasteiger partial charge in [0.25, 0.3) is 0 Å². The SMILES string of the molecule is CCc1ccc(C(C#N)Nc2ccccc2OC)cc1. The Kier molecular flexibility index (Phi) is 4.62. The zero-order chi connectivity index (χ0) is 14.4. The van der Waals surface area contributed by atoms with Crippen LogP contribution in [0.1, 0.15) is 24.1 Å². The molecule has 0 aliphatic heterocycles. The molecule has 1 N–H and O–H groups in total. The summed E-state index contributed by atoms with van der Waals surface area (Å²) in [5, 5.41) is 12.6. The van der Waals surface area contributed by atoms with Gasteiger partial charge in [0.05, 0.1) is 18.9 Å². The van der Waals surface area contributed by atoms with E-state index in [0.29, 0.717) is 0 Å². The van der Waals surface area contributed by atoms with E-state index in [-0.39, 0.29) is 0 Å². The summed E-state index contributed by atoms with van der Waals surface area (Å²) < 4.78 is 5.29. The molecule has 0 heterocycles. The molecule has 0 fully saturated rings. The summed E-state index contributed by atoms with van der Waals surface area (Å²) in [7, 11) is 1.62. The van der Waals surface area contributed by atoms with Crippen molar-refractivity contribution in [3.63, 3.8) is 0 Å². The van der Waals surface area contributed by atoms with Crippen molar-refractivity contribution >= 4 is 5.69 Å². The highest BCUT2D eigenvalue weighted by Gasteiger charge is 2.12. The van der Waals surface area contributed by atoms with Crippen molar-refractivity contribution in [2.24, 2.45) is 0 Å². The van der Waals surface area contributed by atoms with Crippen LogP contribution in [0.5, 0.6) is 5.75 Å². The second-order valence-corrected chi connectivity index (χ2v) is 4.50. The molecular weight excluding hydrogens is 248 g/mol. The first-order valence-corrected chi connectivity index (χ1v) is 6.66. The average molecular weight is 266 g/mol. The van der Waals surface area contributed by atoms with Gasteiger partial charge in [-0.15, -0.1) is 0 Å². The molecule has 102 valence electrons. The Morgan fingerprint density at radius 3 is 2.45 bits per heavy atom. The topological polar surface area (TPSA) is 45.0 Å². The van der Waals surface area contributed by atoms with Crippen molar-refractivity contribution in [1.82, 2.24) is 0 Å². The lowest BCUT2D eigenvalue weighted by molar-refractivity contribution is 0.416. The highest BCUT2D eigenvalue weighted by atomic mass is 16.5. The lowest BCUT2D eigenvalue weighted by atomic mass is 10.0. The number of rotatable bonds is 5. The van der Waals surface area contributed by atoms with Gasteiger partial charge in [-0.1, -0.05) is 43.3 Å². The van der Waals surface area contributed by atoms with Gasteiger partial charge in [-0.25, -0.2) is 0 Å². The van der Waals surface area contributed by atoms with Gasteiger partial charge in [0.1, 0.15) is 11.8 Å². The highest BCUT2D eigenvalue weighted by Crippen LogP contribution is 2.27. The summed E-state index contributed by atoms with van der Waals surface area (Å²) in [6, 6.07) is 17.6. The van der Waals surface area contributed by atoms with Crippen molar-refractivity contribution < 1.29 is 4.74 Å². The molecule has 0 saturated carbocycles. The lowest BCUT2D eigenvalue weighted by Gasteiger charge is -2.16. The first-order chi connectivity index (χ1) is 9.78. The highest BCUT2D eigenvalue weighted by molar-refractivity contribution is 5.58. The van der Waals surface area contributed by atoms with E-state index in [1.165, 1.54) is 5.56 Å².